The number of benzene rings is 2. The van der Waals surface area contributed by atoms with Gasteiger partial charge in [0, 0.05) is 57.4 Å². The number of fused-ring (bicyclic) bond motifs is 2. The lowest BCUT2D eigenvalue weighted by atomic mass is 9.98. The molecule has 3 aromatic rings. The molecule has 1 aromatic heterocycles. The molecular weight excluding hydrogens is 477 g/mol. The number of nitrogens with zero attached hydrogens (tertiary/aromatic N) is 3. The molecule has 6 rings (SSSR count). The van der Waals surface area contributed by atoms with E-state index in [2.05, 4.69) is 15.5 Å². The number of ether oxygens (including phenoxy) is 1. The van der Waals surface area contributed by atoms with Crippen LogP contribution >= 0.6 is 0 Å². The number of carbonyl (C=O) groups is 2. The van der Waals surface area contributed by atoms with Crippen LogP contribution < -0.4 is 15.6 Å². The summed E-state index contributed by atoms with van der Waals surface area (Å²) in [4.78, 5) is 42.0. The zero-order chi connectivity index (χ0) is 25.5. The second kappa shape index (κ2) is 9.59. The maximum Gasteiger partial charge on any atom is 0.272 e. The third-order valence-corrected chi connectivity index (χ3v) is 7.47. The van der Waals surface area contributed by atoms with Crippen LogP contribution in [0.5, 0.6) is 5.75 Å². The Hall–Kier alpha value is -3.79. The molecule has 0 radical (unpaired) electrons. The number of rotatable bonds is 4. The number of alkyl halides is 1. The summed E-state index contributed by atoms with van der Waals surface area (Å²) in [5, 5.41) is 11.2. The highest BCUT2D eigenvalue weighted by atomic mass is 19.1. The highest BCUT2D eigenvalue weighted by Crippen LogP contribution is 2.33. The number of nitrogens with one attached hydrogen (secondary N) is 2. The van der Waals surface area contributed by atoms with Gasteiger partial charge in [0.25, 0.3) is 11.5 Å². The van der Waals surface area contributed by atoms with E-state index >= 15 is 0 Å². The lowest BCUT2D eigenvalue weighted by Gasteiger charge is -2.36. The van der Waals surface area contributed by atoms with Crippen molar-refractivity contribution >= 4 is 22.6 Å². The third-order valence-electron chi connectivity index (χ3n) is 7.47. The Labute approximate surface area is 212 Å². The van der Waals surface area contributed by atoms with Gasteiger partial charge in [0.1, 0.15) is 11.9 Å². The van der Waals surface area contributed by atoms with Crippen molar-refractivity contribution in [3.8, 4) is 5.75 Å². The molecule has 3 aliphatic heterocycles. The van der Waals surface area contributed by atoms with Gasteiger partial charge in [0.15, 0.2) is 0 Å². The van der Waals surface area contributed by atoms with Crippen molar-refractivity contribution in [2.24, 2.45) is 0 Å². The highest BCUT2D eigenvalue weighted by molar-refractivity contribution is 5.98. The molecule has 0 unspecified atom stereocenters. The Kier molecular flexibility index (Phi) is 6.11. The van der Waals surface area contributed by atoms with Gasteiger partial charge in [-0.3, -0.25) is 14.4 Å². The van der Waals surface area contributed by atoms with Crippen LogP contribution in [0.15, 0.2) is 41.2 Å². The van der Waals surface area contributed by atoms with Gasteiger partial charge in [0.05, 0.1) is 29.3 Å². The van der Waals surface area contributed by atoms with E-state index < -0.39 is 12.2 Å². The molecule has 2 N–H and O–H groups in total. The van der Waals surface area contributed by atoms with E-state index in [1.54, 1.807) is 15.9 Å². The lowest BCUT2D eigenvalue weighted by Crippen LogP contribution is -2.54. The third kappa shape index (κ3) is 4.46. The van der Waals surface area contributed by atoms with E-state index in [1.165, 1.54) is 0 Å². The molecule has 2 atom stereocenters. The SMILES string of the molecule is O=C(c1cc(Cc2n[nH]c(=O)c3ccccc23)cc2c1OCC2)N1CCN(C(=O)[C@@H]2C[C@H](F)CN2)CC1. The quantitative estimate of drug-likeness (QED) is 0.556. The lowest BCUT2D eigenvalue weighted by molar-refractivity contribution is -0.134. The number of hydrogen-bond acceptors (Lipinski definition) is 6. The fraction of sp³-hybridized carbons (Fsp3) is 0.407. The largest absolute Gasteiger partial charge is 0.492 e. The summed E-state index contributed by atoms with van der Waals surface area (Å²) >= 11 is 0. The van der Waals surface area contributed by atoms with Gasteiger partial charge in [-0.05, 0) is 23.3 Å². The first-order valence-electron chi connectivity index (χ1n) is 12.7. The molecule has 0 spiro atoms. The molecule has 10 heteroatoms. The van der Waals surface area contributed by atoms with Crippen molar-refractivity contribution in [1.29, 1.82) is 0 Å². The number of H-pyrrole nitrogens is 1. The van der Waals surface area contributed by atoms with Gasteiger partial charge in [-0.25, -0.2) is 9.49 Å². The van der Waals surface area contributed by atoms with E-state index in [9.17, 15) is 18.8 Å². The zero-order valence-corrected chi connectivity index (χ0v) is 20.3. The summed E-state index contributed by atoms with van der Waals surface area (Å²) in [5.74, 6) is 0.393. The van der Waals surface area contributed by atoms with Gasteiger partial charge in [0.2, 0.25) is 5.91 Å². The van der Waals surface area contributed by atoms with Crippen LogP contribution in [0.2, 0.25) is 0 Å². The van der Waals surface area contributed by atoms with Gasteiger partial charge in [-0.15, -0.1) is 0 Å². The molecule has 0 saturated carbocycles. The predicted octanol–water partition coefficient (Wildman–Crippen LogP) is 1.43. The number of amides is 2. The molecule has 2 fully saturated rings. The topological polar surface area (TPSA) is 108 Å². The molecule has 2 amide bonds. The van der Waals surface area contributed by atoms with E-state index in [0.717, 1.165) is 28.6 Å². The number of hydrogen-bond donors (Lipinski definition) is 2. The zero-order valence-electron chi connectivity index (χ0n) is 20.3. The molecule has 4 heterocycles. The molecule has 3 aliphatic rings. The molecule has 0 aliphatic carbocycles. The Morgan fingerprint density at radius 3 is 2.59 bits per heavy atom. The van der Waals surface area contributed by atoms with Gasteiger partial charge in [-0.2, -0.15) is 5.10 Å². The Morgan fingerprint density at radius 1 is 1.08 bits per heavy atom. The minimum absolute atomic E-state index is 0.0981. The normalized spacial score (nSPS) is 21.2. The predicted molar refractivity (Wildman–Crippen MR) is 135 cm³/mol. The Bertz CT molecular complexity index is 1430. The Morgan fingerprint density at radius 2 is 1.84 bits per heavy atom. The van der Waals surface area contributed by atoms with Crippen LogP contribution in [0.1, 0.15) is 33.6 Å². The summed E-state index contributed by atoms with van der Waals surface area (Å²) < 4.78 is 19.4. The van der Waals surface area contributed by atoms with Gasteiger partial charge < -0.3 is 19.9 Å². The molecule has 9 nitrogen and oxygen atoms in total. The first-order valence-corrected chi connectivity index (χ1v) is 12.7. The summed E-state index contributed by atoms with van der Waals surface area (Å²) in [6.45, 7) is 2.36. The van der Waals surface area contributed by atoms with Crippen LogP contribution in [0.25, 0.3) is 10.8 Å². The first-order chi connectivity index (χ1) is 18.0. The van der Waals surface area contributed by atoms with Crippen LogP contribution in [-0.2, 0) is 17.6 Å². The maximum atomic E-state index is 13.6. The molecule has 0 bridgehead atoms. The highest BCUT2D eigenvalue weighted by Gasteiger charge is 2.35. The number of aromatic nitrogens is 2. The average Bonchev–Trinajstić information content (AvgIpc) is 3.58. The monoisotopic (exact) mass is 505 g/mol. The molecule has 2 aromatic carbocycles. The molecule has 37 heavy (non-hydrogen) atoms. The van der Waals surface area contributed by atoms with Gasteiger partial charge in [-0.1, -0.05) is 24.3 Å². The second-order valence-electron chi connectivity index (χ2n) is 9.86. The second-order valence-corrected chi connectivity index (χ2v) is 9.86. The molecule has 192 valence electrons. The van der Waals surface area contributed by atoms with Crippen LogP contribution in [0.3, 0.4) is 0 Å². The van der Waals surface area contributed by atoms with Crippen molar-refractivity contribution in [2.75, 3.05) is 39.3 Å². The molecular formula is C27H28FN5O4. The van der Waals surface area contributed by atoms with Crippen LogP contribution in [0.4, 0.5) is 4.39 Å². The van der Waals surface area contributed by atoms with Crippen molar-refractivity contribution in [2.45, 2.75) is 31.5 Å². The minimum Gasteiger partial charge on any atom is -0.492 e. The van der Waals surface area contributed by atoms with Crippen LogP contribution in [0, 0.1) is 0 Å². The fourth-order valence-corrected chi connectivity index (χ4v) is 5.54. The standard InChI is InChI=1S/C27H28FN5O4/c28-18-14-23(29-15-18)27(36)33-8-6-32(7-9-33)26(35)21-12-16(11-17-5-10-37-24(17)21)13-22-19-3-1-2-4-20(19)25(34)31-30-22/h1-4,11-12,18,23,29H,5-10,13-15H2,(H,31,34)/t18-,23-/m0/s1. The summed E-state index contributed by atoms with van der Waals surface area (Å²) in [7, 11) is 0. The molecule has 2 saturated heterocycles. The summed E-state index contributed by atoms with van der Waals surface area (Å²) in [6, 6.07) is 10.8. The van der Waals surface area contributed by atoms with E-state index in [0.29, 0.717) is 55.9 Å². The van der Waals surface area contributed by atoms with Crippen molar-refractivity contribution < 1.29 is 18.7 Å². The number of aromatic amines is 1. The van der Waals surface area contributed by atoms with Crippen LogP contribution in [-0.4, -0.2) is 83.4 Å². The number of piperazine rings is 1. The van der Waals surface area contributed by atoms with E-state index in [-0.39, 0.29) is 30.3 Å². The van der Waals surface area contributed by atoms with Gasteiger partial charge >= 0.3 is 0 Å². The van der Waals surface area contributed by atoms with E-state index in [1.807, 2.05) is 30.3 Å². The fourth-order valence-electron chi connectivity index (χ4n) is 5.54. The number of halogens is 1. The number of carbonyl (C=O) groups excluding carboxylic acids is 2. The average molecular weight is 506 g/mol. The first kappa shape index (κ1) is 23.6. The Balaban J connectivity index is 1.22. The summed E-state index contributed by atoms with van der Waals surface area (Å²) in [5.41, 5.74) is 2.91. The van der Waals surface area contributed by atoms with E-state index in [4.69, 9.17) is 4.74 Å². The van der Waals surface area contributed by atoms with Crippen molar-refractivity contribution in [3.05, 3.63) is 69.1 Å². The maximum absolute atomic E-state index is 13.6. The van der Waals surface area contributed by atoms with Crippen molar-refractivity contribution in [3.63, 3.8) is 0 Å². The summed E-state index contributed by atoms with van der Waals surface area (Å²) in [6.07, 6.45) is 0.385. The smallest absolute Gasteiger partial charge is 0.272 e. The minimum atomic E-state index is -0.990. The van der Waals surface area contributed by atoms with Crippen molar-refractivity contribution in [1.82, 2.24) is 25.3 Å².